The highest BCUT2D eigenvalue weighted by atomic mass is 32.2. The molecule has 3 heterocycles. The lowest BCUT2D eigenvalue weighted by Crippen LogP contribution is -2.49. The molecule has 0 aliphatic carbocycles. The van der Waals surface area contributed by atoms with E-state index in [2.05, 4.69) is 17.0 Å². The van der Waals surface area contributed by atoms with Crippen molar-refractivity contribution in [3.8, 4) is 0 Å². The molecule has 1 aliphatic heterocycles. The van der Waals surface area contributed by atoms with Crippen LogP contribution in [0.1, 0.15) is 9.67 Å². The molecule has 138 valence electrons. The highest BCUT2D eigenvalue weighted by molar-refractivity contribution is 7.90. The molecule has 5 nitrogen and oxygen atoms in total. The van der Waals surface area contributed by atoms with E-state index in [4.69, 9.17) is 0 Å². The van der Waals surface area contributed by atoms with E-state index in [0.717, 1.165) is 18.0 Å². The van der Waals surface area contributed by atoms with Gasteiger partial charge in [0, 0.05) is 53.8 Å². The Labute approximate surface area is 160 Å². The van der Waals surface area contributed by atoms with E-state index in [-0.39, 0.29) is 11.7 Å². The van der Waals surface area contributed by atoms with E-state index in [1.807, 2.05) is 23.1 Å². The number of nitrogens with zero attached hydrogens (tertiary/aromatic N) is 2. The van der Waals surface area contributed by atoms with Crippen LogP contribution >= 0.6 is 22.7 Å². The Balaban J connectivity index is 1.44. The van der Waals surface area contributed by atoms with Crippen molar-refractivity contribution in [3.63, 3.8) is 0 Å². The molecule has 4 rings (SSSR count). The van der Waals surface area contributed by atoms with E-state index in [0.29, 0.717) is 19.6 Å². The van der Waals surface area contributed by atoms with Crippen LogP contribution in [0.25, 0.3) is 19.5 Å². The predicted molar refractivity (Wildman–Crippen MR) is 109 cm³/mol. The maximum atomic E-state index is 12.9. The first-order valence-electron chi connectivity index (χ1n) is 8.51. The highest BCUT2D eigenvalue weighted by Crippen LogP contribution is 2.39. The molecular formula is C18H20N2O3S3. The molecule has 0 unspecified atom stereocenters. The van der Waals surface area contributed by atoms with Gasteiger partial charge in [0.05, 0.1) is 15.3 Å². The van der Waals surface area contributed by atoms with Gasteiger partial charge in [-0.25, -0.2) is 8.42 Å². The molecule has 1 fully saturated rings. The third kappa shape index (κ3) is 3.64. The number of piperazine rings is 1. The van der Waals surface area contributed by atoms with Crippen molar-refractivity contribution in [1.82, 2.24) is 9.80 Å². The summed E-state index contributed by atoms with van der Waals surface area (Å²) in [6.07, 6.45) is 1.26. The van der Waals surface area contributed by atoms with Crippen molar-refractivity contribution in [2.45, 2.75) is 0 Å². The van der Waals surface area contributed by atoms with Gasteiger partial charge in [-0.15, -0.1) is 22.7 Å². The lowest BCUT2D eigenvalue weighted by molar-refractivity contribution is 0.0649. The van der Waals surface area contributed by atoms with Crippen LogP contribution in [-0.4, -0.2) is 68.9 Å². The average molecular weight is 409 g/mol. The van der Waals surface area contributed by atoms with Crippen molar-refractivity contribution < 1.29 is 13.2 Å². The largest absolute Gasteiger partial charge is 0.335 e. The van der Waals surface area contributed by atoms with Gasteiger partial charge in [0.2, 0.25) is 0 Å². The zero-order chi connectivity index (χ0) is 18.3. The van der Waals surface area contributed by atoms with Crippen LogP contribution in [0.2, 0.25) is 0 Å². The highest BCUT2D eigenvalue weighted by Gasteiger charge is 2.24. The van der Waals surface area contributed by atoms with Crippen molar-refractivity contribution in [1.29, 1.82) is 0 Å². The maximum Gasteiger partial charge on any atom is 0.264 e. The molecule has 1 saturated heterocycles. The lowest BCUT2D eigenvalue weighted by atomic mass is 10.2. The van der Waals surface area contributed by atoms with Gasteiger partial charge in [-0.05, 0) is 12.1 Å². The van der Waals surface area contributed by atoms with Crippen LogP contribution in [0.5, 0.6) is 0 Å². The number of sulfone groups is 1. The molecule has 0 N–H and O–H groups in total. The monoisotopic (exact) mass is 408 g/mol. The number of carbonyl (C=O) groups excluding carboxylic acids is 1. The van der Waals surface area contributed by atoms with E-state index in [1.165, 1.54) is 25.7 Å². The molecule has 3 aromatic rings. The van der Waals surface area contributed by atoms with Gasteiger partial charge in [-0.1, -0.05) is 18.2 Å². The van der Waals surface area contributed by atoms with Crippen molar-refractivity contribution in [2.75, 3.05) is 44.7 Å². The fourth-order valence-corrected chi connectivity index (χ4v) is 6.31. The summed E-state index contributed by atoms with van der Waals surface area (Å²) in [6.45, 7) is 3.29. The average Bonchev–Trinajstić information content (AvgIpc) is 3.17. The summed E-state index contributed by atoms with van der Waals surface area (Å²) < 4.78 is 26.2. The second kappa shape index (κ2) is 6.92. The Morgan fingerprint density at radius 3 is 2.54 bits per heavy atom. The molecule has 0 atom stereocenters. The number of amides is 1. The van der Waals surface area contributed by atoms with E-state index >= 15 is 0 Å². The molecule has 26 heavy (non-hydrogen) atoms. The van der Waals surface area contributed by atoms with Crippen molar-refractivity contribution >= 4 is 57.9 Å². The molecule has 8 heteroatoms. The van der Waals surface area contributed by atoms with Gasteiger partial charge in [-0.3, -0.25) is 9.69 Å². The maximum absolute atomic E-state index is 12.9. The summed E-state index contributed by atoms with van der Waals surface area (Å²) in [4.78, 5) is 17.6. The van der Waals surface area contributed by atoms with Crippen LogP contribution in [0.15, 0.2) is 30.3 Å². The summed E-state index contributed by atoms with van der Waals surface area (Å²) in [7, 11) is -2.94. The second-order valence-electron chi connectivity index (χ2n) is 6.67. The zero-order valence-electron chi connectivity index (χ0n) is 14.5. The van der Waals surface area contributed by atoms with Gasteiger partial charge < -0.3 is 4.90 Å². The zero-order valence-corrected chi connectivity index (χ0v) is 16.9. The number of hydrogen-bond donors (Lipinski definition) is 0. The molecule has 0 bridgehead atoms. The third-order valence-corrected chi connectivity index (χ3v) is 8.03. The molecular weight excluding hydrogens is 388 g/mol. The van der Waals surface area contributed by atoms with Gasteiger partial charge in [0.25, 0.3) is 5.91 Å². The minimum absolute atomic E-state index is 0.0882. The number of thiophene rings is 2. The fourth-order valence-electron chi connectivity index (χ4n) is 3.23. The summed E-state index contributed by atoms with van der Waals surface area (Å²) in [5.41, 5.74) is 0. The minimum Gasteiger partial charge on any atom is -0.335 e. The quantitative estimate of drug-likeness (QED) is 0.666. The second-order valence-corrected chi connectivity index (χ2v) is 11.1. The summed E-state index contributed by atoms with van der Waals surface area (Å²) >= 11 is 3.31. The minimum atomic E-state index is -2.94. The standard InChI is InChI=1S/C18H20N2O3S3/c1-26(22,23)11-10-19-6-8-20(9-7-19)18(21)16-12-15-17(25-16)13-4-2-3-5-14(13)24-15/h2-5,12H,6-11H2,1H3. The Bertz CT molecular complexity index is 1060. The molecule has 2 aromatic heterocycles. The Hall–Kier alpha value is -1.48. The van der Waals surface area contributed by atoms with Crippen molar-refractivity contribution in [3.05, 3.63) is 35.2 Å². The van der Waals surface area contributed by atoms with Gasteiger partial charge in [-0.2, -0.15) is 0 Å². The lowest BCUT2D eigenvalue weighted by Gasteiger charge is -2.34. The normalized spacial score (nSPS) is 16.6. The van der Waals surface area contributed by atoms with E-state index in [9.17, 15) is 13.2 Å². The SMILES string of the molecule is CS(=O)(=O)CCN1CCN(C(=O)c2cc3sc4ccccc4c3s2)CC1. The van der Waals surface area contributed by atoms with Gasteiger partial charge in [0.1, 0.15) is 9.84 Å². The molecule has 0 radical (unpaired) electrons. The van der Waals surface area contributed by atoms with Crippen LogP contribution in [0.3, 0.4) is 0 Å². The number of fused-ring (bicyclic) bond motifs is 3. The topological polar surface area (TPSA) is 57.7 Å². The van der Waals surface area contributed by atoms with E-state index < -0.39 is 9.84 Å². The first-order chi connectivity index (χ1) is 12.4. The van der Waals surface area contributed by atoms with Crippen LogP contribution in [0.4, 0.5) is 0 Å². The third-order valence-electron chi connectivity index (χ3n) is 4.70. The fraction of sp³-hybridized carbons (Fsp3) is 0.389. The van der Waals surface area contributed by atoms with Crippen LogP contribution in [-0.2, 0) is 9.84 Å². The molecule has 1 aliphatic rings. The summed E-state index contributed by atoms with van der Waals surface area (Å²) in [6, 6.07) is 10.3. The number of carbonyl (C=O) groups is 1. The first kappa shape index (κ1) is 17.9. The molecule has 1 aromatic carbocycles. The van der Waals surface area contributed by atoms with Crippen LogP contribution in [0, 0.1) is 0 Å². The Kier molecular flexibility index (Phi) is 4.77. The summed E-state index contributed by atoms with van der Waals surface area (Å²) in [5, 5.41) is 1.22. The van der Waals surface area contributed by atoms with E-state index in [1.54, 1.807) is 22.7 Å². The van der Waals surface area contributed by atoms with Crippen LogP contribution < -0.4 is 0 Å². The number of rotatable bonds is 4. The van der Waals surface area contributed by atoms with Gasteiger partial charge >= 0.3 is 0 Å². The molecule has 0 saturated carbocycles. The summed E-state index contributed by atoms with van der Waals surface area (Å²) in [5.74, 6) is 0.264. The number of hydrogen-bond acceptors (Lipinski definition) is 6. The number of benzene rings is 1. The van der Waals surface area contributed by atoms with Crippen molar-refractivity contribution in [2.24, 2.45) is 0 Å². The molecule has 0 spiro atoms. The first-order valence-corrected chi connectivity index (χ1v) is 12.2. The Morgan fingerprint density at radius 2 is 1.81 bits per heavy atom. The van der Waals surface area contributed by atoms with Gasteiger partial charge in [0.15, 0.2) is 0 Å². The molecule has 1 amide bonds. The predicted octanol–water partition coefficient (Wildman–Crippen LogP) is 2.92. The Morgan fingerprint density at radius 1 is 1.08 bits per heavy atom. The smallest absolute Gasteiger partial charge is 0.264 e.